The van der Waals surface area contributed by atoms with Crippen molar-refractivity contribution in [2.45, 2.75) is 31.8 Å². The molecule has 2 N–H and O–H groups in total. The minimum absolute atomic E-state index is 0.669. The van der Waals surface area contributed by atoms with Crippen molar-refractivity contribution < 1.29 is 0 Å². The molecule has 0 radical (unpaired) electrons. The summed E-state index contributed by atoms with van der Waals surface area (Å²) in [4.78, 5) is 2.66. The van der Waals surface area contributed by atoms with Gasteiger partial charge in [0.05, 0.1) is 0 Å². The molecule has 0 aromatic heterocycles. The zero-order chi connectivity index (χ0) is 11.0. The average Bonchev–Trinajstić information content (AvgIpc) is 2.85. The molecular weight excluding hydrogens is 196 g/mol. The second kappa shape index (κ2) is 4.19. The lowest BCUT2D eigenvalue weighted by molar-refractivity contribution is 0.248. The van der Waals surface area contributed by atoms with E-state index in [9.17, 15) is 0 Å². The Morgan fingerprint density at radius 2 is 1.94 bits per heavy atom. The number of benzene rings is 1. The normalized spacial score (nSPS) is 28.1. The molecule has 2 bridgehead atoms. The van der Waals surface area contributed by atoms with Crippen LogP contribution in [0.1, 0.15) is 24.0 Å². The first kappa shape index (κ1) is 10.3. The van der Waals surface area contributed by atoms with Crippen molar-refractivity contribution in [3.63, 3.8) is 0 Å². The van der Waals surface area contributed by atoms with E-state index in [4.69, 9.17) is 5.73 Å². The number of fused-ring (bicyclic) bond motifs is 1. The van der Waals surface area contributed by atoms with E-state index in [1.165, 1.54) is 37.1 Å². The molecule has 3 aliphatic rings. The van der Waals surface area contributed by atoms with Gasteiger partial charge in [-0.15, -0.1) is 0 Å². The van der Waals surface area contributed by atoms with Gasteiger partial charge in [0.2, 0.25) is 0 Å². The van der Waals surface area contributed by atoms with Crippen molar-refractivity contribution in [1.82, 2.24) is 4.90 Å². The van der Waals surface area contributed by atoms with Crippen LogP contribution < -0.4 is 5.73 Å². The molecule has 16 heavy (non-hydrogen) atoms. The third-order valence-corrected chi connectivity index (χ3v) is 4.23. The van der Waals surface area contributed by atoms with Crippen LogP contribution in [0, 0.1) is 5.92 Å². The first-order valence-electron chi connectivity index (χ1n) is 6.37. The summed E-state index contributed by atoms with van der Waals surface area (Å²) in [5.74, 6) is 1.02. The standard InChI is InChI=1S/C14H20N2/c15-9-13-4-2-1-3-12(13)5-6-16-10-11-7-14(16)8-11/h1-4,11,14H,5-10,15H2. The highest BCUT2D eigenvalue weighted by molar-refractivity contribution is 5.27. The van der Waals surface area contributed by atoms with Crippen LogP contribution in [0.3, 0.4) is 0 Å². The van der Waals surface area contributed by atoms with E-state index >= 15 is 0 Å². The van der Waals surface area contributed by atoms with Gasteiger partial charge >= 0.3 is 0 Å². The lowest BCUT2D eigenvalue weighted by Gasteiger charge is -2.26. The molecule has 1 aromatic carbocycles. The Bertz CT molecular complexity index is 369. The zero-order valence-electron chi connectivity index (χ0n) is 9.73. The number of hydrogen-bond acceptors (Lipinski definition) is 2. The maximum atomic E-state index is 5.76. The monoisotopic (exact) mass is 216 g/mol. The molecule has 86 valence electrons. The highest BCUT2D eigenvalue weighted by Gasteiger charge is 2.41. The molecule has 1 aromatic rings. The van der Waals surface area contributed by atoms with Crippen LogP contribution in [0.5, 0.6) is 0 Å². The van der Waals surface area contributed by atoms with E-state index in [0.29, 0.717) is 6.54 Å². The number of rotatable bonds is 4. The fourth-order valence-electron chi connectivity index (χ4n) is 3.17. The first-order valence-corrected chi connectivity index (χ1v) is 6.37. The Labute approximate surface area is 97.4 Å². The van der Waals surface area contributed by atoms with Crippen LogP contribution in [-0.4, -0.2) is 24.0 Å². The molecular formula is C14H20N2. The van der Waals surface area contributed by atoms with Crippen molar-refractivity contribution >= 4 is 0 Å². The van der Waals surface area contributed by atoms with Gasteiger partial charge < -0.3 is 5.73 Å². The summed E-state index contributed by atoms with van der Waals surface area (Å²) >= 11 is 0. The van der Waals surface area contributed by atoms with Crippen molar-refractivity contribution in [3.8, 4) is 0 Å². The van der Waals surface area contributed by atoms with E-state index in [1.54, 1.807) is 0 Å². The van der Waals surface area contributed by atoms with Gasteiger partial charge in [-0.3, -0.25) is 4.90 Å². The highest BCUT2D eigenvalue weighted by atomic mass is 15.2. The van der Waals surface area contributed by atoms with Gasteiger partial charge in [-0.05, 0) is 36.3 Å². The van der Waals surface area contributed by atoms with Gasteiger partial charge in [0.1, 0.15) is 0 Å². The van der Waals surface area contributed by atoms with Gasteiger partial charge in [0, 0.05) is 25.7 Å². The van der Waals surface area contributed by atoms with Gasteiger partial charge in [-0.2, -0.15) is 0 Å². The second-order valence-electron chi connectivity index (χ2n) is 5.21. The Hall–Kier alpha value is -0.860. The van der Waals surface area contributed by atoms with Crippen molar-refractivity contribution in [3.05, 3.63) is 35.4 Å². The van der Waals surface area contributed by atoms with Crippen LogP contribution in [0.4, 0.5) is 0 Å². The van der Waals surface area contributed by atoms with E-state index in [2.05, 4.69) is 29.2 Å². The van der Waals surface area contributed by atoms with E-state index in [0.717, 1.165) is 18.4 Å². The lowest BCUT2D eigenvalue weighted by Crippen LogP contribution is -2.30. The molecule has 2 heterocycles. The molecule has 1 saturated carbocycles. The van der Waals surface area contributed by atoms with Crippen LogP contribution in [0.15, 0.2) is 24.3 Å². The van der Waals surface area contributed by atoms with Crippen LogP contribution in [-0.2, 0) is 13.0 Å². The molecule has 2 saturated heterocycles. The SMILES string of the molecule is NCc1ccccc1CCN1CC2CC1C2. The molecule has 2 nitrogen and oxygen atoms in total. The summed E-state index contributed by atoms with van der Waals surface area (Å²) in [6.45, 7) is 3.23. The van der Waals surface area contributed by atoms with Gasteiger partial charge in [0.15, 0.2) is 0 Å². The summed E-state index contributed by atoms with van der Waals surface area (Å²) in [5, 5.41) is 0. The summed E-state index contributed by atoms with van der Waals surface area (Å²) < 4.78 is 0. The van der Waals surface area contributed by atoms with Gasteiger partial charge in [-0.1, -0.05) is 24.3 Å². The predicted octanol–water partition coefficient (Wildman–Crippen LogP) is 1.78. The Morgan fingerprint density at radius 1 is 1.19 bits per heavy atom. The topological polar surface area (TPSA) is 29.3 Å². The molecule has 0 spiro atoms. The molecule has 0 atom stereocenters. The maximum absolute atomic E-state index is 5.76. The summed E-state index contributed by atoms with van der Waals surface area (Å²) in [6, 6.07) is 9.49. The zero-order valence-corrected chi connectivity index (χ0v) is 9.73. The van der Waals surface area contributed by atoms with Gasteiger partial charge in [0.25, 0.3) is 0 Å². The van der Waals surface area contributed by atoms with Crippen molar-refractivity contribution in [2.75, 3.05) is 13.1 Å². The lowest BCUT2D eigenvalue weighted by atomic mass is 9.86. The molecule has 3 fully saturated rings. The van der Waals surface area contributed by atoms with Gasteiger partial charge in [-0.25, -0.2) is 0 Å². The van der Waals surface area contributed by atoms with E-state index in [-0.39, 0.29) is 0 Å². The molecule has 0 amide bonds. The largest absolute Gasteiger partial charge is 0.326 e. The summed E-state index contributed by atoms with van der Waals surface area (Å²) in [5.41, 5.74) is 8.51. The Balaban J connectivity index is 1.61. The van der Waals surface area contributed by atoms with E-state index in [1.807, 2.05) is 0 Å². The minimum atomic E-state index is 0.669. The first-order chi connectivity index (χ1) is 7.86. The number of nitrogens with zero attached hydrogens (tertiary/aromatic N) is 1. The third-order valence-electron chi connectivity index (χ3n) is 4.23. The minimum Gasteiger partial charge on any atom is -0.326 e. The number of hydrogen-bond donors (Lipinski definition) is 1. The highest BCUT2D eigenvalue weighted by Crippen LogP contribution is 2.40. The smallest absolute Gasteiger partial charge is 0.0180 e. The summed E-state index contributed by atoms with van der Waals surface area (Å²) in [6.07, 6.45) is 4.08. The maximum Gasteiger partial charge on any atom is 0.0180 e. The van der Waals surface area contributed by atoms with Crippen molar-refractivity contribution in [1.29, 1.82) is 0 Å². The second-order valence-corrected chi connectivity index (χ2v) is 5.21. The fourth-order valence-corrected chi connectivity index (χ4v) is 3.17. The molecule has 2 aliphatic heterocycles. The Kier molecular flexibility index (Phi) is 2.70. The predicted molar refractivity (Wildman–Crippen MR) is 66.1 cm³/mol. The quantitative estimate of drug-likeness (QED) is 0.831. The van der Waals surface area contributed by atoms with Crippen LogP contribution in [0.25, 0.3) is 0 Å². The van der Waals surface area contributed by atoms with Crippen molar-refractivity contribution in [2.24, 2.45) is 11.7 Å². The molecule has 2 heteroatoms. The number of nitrogens with two attached hydrogens (primary N) is 1. The summed E-state index contributed by atoms with van der Waals surface area (Å²) in [7, 11) is 0. The Morgan fingerprint density at radius 3 is 2.56 bits per heavy atom. The van der Waals surface area contributed by atoms with Crippen LogP contribution in [0.2, 0.25) is 0 Å². The average molecular weight is 216 g/mol. The fraction of sp³-hybridized carbons (Fsp3) is 0.571. The van der Waals surface area contributed by atoms with E-state index < -0.39 is 0 Å². The third kappa shape index (κ3) is 1.76. The van der Waals surface area contributed by atoms with Crippen LogP contribution >= 0.6 is 0 Å². The molecule has 1 aliphatic carbocycles. The molecule has 4 rings (SSSR count). The molecule has 0 unspecified atom stereocenters.